The topological polar surface area (TPSA) is 116 Å². The van der Waals surface area contributed by atoms with Crippen LogP contribution in [0, 0.1) is 5.92 Å². The van der Waals surface area contributed by atoms with E-state index in [-0.39, 0.29) is 28.9 Å². The van der Waals surface area contributed by atoms with Crippen molar-refractivity contribution in [3.05, 3.63) is 59.7 Å². The fraction of sp³-hybridized carbons (Fsp3) is 0.273. The number of rotatable bonds is 9. The number of Topliss-reactive ketones (excluding diaryl/α,β-unsaturated/α-hetero) is 1. The summed E-state index contributed by atoms with van der Waals surface area (Å²) in [5.74, 6) is -1.78. The number of nitrogens with one attached hydrogen (secondary N) is 1. The van der Waals surface area contributed by atoms with Crippen molar-refractivity contribution in [1.29, 1.82) is 0 Å². The van der Waals surface area contributed by atoms with Gasteiger partial charge in [-0.05, 0) is 43.3 Å². The van der Waals surface area contributed by atoms with Gasteiger partial charge in [-0.1, -0.05) is 26.0 Å². The van der Waals surface area contributed by atoms with Crippen LogP contribution >= 0.6 is 11.8 Å². The number of benzene rings is 2. The summed E-state index contributed by atoms with van der Waals surface area (Å²) in [5, 5.41) is 2.75. The highest BCUT2D eigenvalue weighted by atomic mass is 32.2. The molecule has 0 saturated heterocycles. The van der Waals surface area contributed by atoms with Gasteiger partial charge in [-0.25, -0.2) is 4.79 Å². The van der Waals surface area contributed by atoms with Crippen LogP contribution in [-0.2, 0) is 14.3 Å². The predicted molar refractivity (Wildman–Crippen MR) is 115 cm³/mol. The summed E-state index contributed by atoms with van der Waals surface area (Å²) >= 11 is 1.13. The number of thioether (sulfide) groups is 1. The molecule has 0 aliphatic carbocycles. The summed E-state index contributed by atoms with van der Waals surface area (Å²) in [6.07, 6.45) is -1.01. The molecule has 2 aromatic carbocycles. The lowest BCUT2D eigenvalue weighted by Crippen LogP contribution is -2.25. The lowest BCUT2D eigenvalue weighted by molar-refractivity contribution is -0.119. The first-order valence-corrected chi connectivity index (χ1v) is 10.3. The van der Waals surface area contributed by atoms with Crippen molar-refractivity contribution in [2.24, 2.45) is 11.7 Å². The van der Waals surface area contributed by atoms with E-state index in [1.54, 1.807) is 62.4 Å². The Morgan fingerprint density at radius 1 is 1.00 bits per heavy atom. The van der Waals surface area contributed by atoms with Crippen LogP contribution in [0.5, 0.6) is 0 Å². The van der Waals surface area contributed by atoms with Crippen LogP contribution in [0.1, 0.15) is 41.5 Å². The fourth-order valence-electron chi connectivity index (χ4n) is 2.43. The van der Waals surface area contributed by atoms with E-state index in [4.69, 9.17) is 10.5 Å². The Labute approximate surface area is 179 Å². The second kappa shape index (κ2) is 10.6. The van der Waals surface area contributed by atoms with Gasteiger partial charge in [0.2, 0.25) is 17.6 Å². The Balaban J connectivity index is 2.04. The number of esters is 1. The first-order valence-electron chi connectivity index (χ1n) is 9.35. The fourth-order valence-corrected chi connectivity index (χ4v) is 3.21. The molecule has 2 rings (SSSR count). The van der Waals surface area contributed by atoms with E-state index in [1.807, 2.05) is 0 Å². The highest BCUT2D eigenvalue weighted by Gasteiger charge is 2.22. The van der Waals surface area contributed by atoms with Crippen LogP contribution in [0.4, 0.5) is 5.69 Å². The number of amides is 2. The average Bonchev–Trinajstić information content (AvgIpc) is 2.72. The van der Waals surface area contributed by atoms with Gasteiger partial charge in [0.25, 0.3) is 0 Å². The average molecular weight is 429 g/mol. The third-order valence-corrected chi connectivity index (χ3v) is 5.19. The zero-order chi connectivity index (χ0) is 22.3. The molecule has 0 heterocycles. The van der Waals surface area contributed by atoms with Gasteiger partial charge in [-0.2, -0.15) is 0 Å². The molecule has 0 aliphatic heterocycles. The molecule has 30 heavy (non-hydrogen) atoms. The number of ketones is 1. The molecule has 158 valence electrons. The Hall–Kier alpha value is -3.13. The van der Waals surface area contributed by atoms with Gasteiger partial charge < -0.3 is 15.8 Å². The number of primary amides is 1. The zero-order valence-electron chi connectivity index (χ0n) is 17.0. The molecule has 0 aromatic heterocycles. The number of hydrogen-bond donors (Lipinski definition) is 2. The summed E-state index contributed by atoms with van der Waals surface area (Å²) in [7, 11) is 0. The molecule has 0 bridgehead atoms. The number of nitrogens with two attached hydrogens (primary N) is 1. The molecule has 0 fully saturated rings. The van der Waals surface area contributed by atoms with Gasteiger partial charge >= 0.3 is 5.97 Å². The third kappa shape index (κ3) is 6.45. The van der Waals surface area contributed by atoms with Crippen molar-refractivity contribution in [3.8, 4) is 0 Å². The molecule has 0 saturated carbocycles. The summed E-state index contributed by atoms with van der Waals surface area (Å²) in [6, 6.07) is 13.0. The van der Waals surface area contributed by atoms with Gasteiger partial charge in [-0.15, -0.1) is 11.8 Å². The molecular weight excluding hydrogens is 404 g/mol. The van der Waals surface area contributed by atoms with E-state index < -0.39 is 18.0 Å². The Bertz CT molecular complexity index is 941. The van der Waals surface area contributed by atoms with E-state index in [0.717, 1.165) is 11.8 Å². The predicted octanol–water partition coefficient (Wildman–Crippen LogP) is 3.29. The first-order chi connectivity index (χ1) is 14.2. The number of carbonyl (C=O) groups is 4. The number of carbonyl (C=O) groups excluding carboxylic acids is 4. The smallest absolute Gasteiger partial charge is 0.339 e. The zero-order valence-corrected chi connectivity index (χ0v) is 17.8. The maximum atomic E-state index is 12.6. The van der Waals surface area contributed by atoms with Crippen molar-refractivity contribution in [2.45, 2.75) is 31.8 Å². The largest absolute Gasteiger partial charge is 0.451 e. The molecule has 1 atom stereocenters. The van der Waals surface area contributed by atoms with Crippen LogP contribution in [0.15, 0.2) is 53.4 Å². The highest BCUT2D eigenvalue weighted by molar-refractivity contribution is 8.00. The van der Waals surface area contributed by atoms with Gasteiger partial charge in [-0.3, -0.25) is 14.4 Å². The van der Waals surface area contributed by atoms with Crippen LogP contribution in [-0.4, -0.2) is 35.4 Å². The lowest BCUT2D eigenvalue weighted by Gasteiger charge is -2.14. The van der Waals surface area contributed by atoms with Gasteiger partial charge in [0.05, 0.1) is 11.3 Å². The Kier molecular flexibility index (Phi) is 8.17. The van der Waals surface area contributed by atoms with E-state index >= 15 is 0 Å². The highest BCUT2D eigenvalue weighted by Crippen LogP contribution is 2.24. The minimum absolute atomic E-state index is 0.0263. The van der Waals surface area contributed by atoms with E-state index in [2.05, 4.69) is 5.32 Å². The van der Waals surface area contributed by atoms with Crippen molar-refractivity contribution >= 4 is 41.0 Å². The van der Waals surface area contributed by atoms with Crippen molar-refractivity contribution in [2.75, 3.05) is 11.1 Å². The minimum Gasteiger partial charge on any atom is -0.451 e. The van der Waals surface area contributed by atoms with Crippen LogP contribution in [0.2, 0.25) is 0 Å². The van der Waals surface area contributed by atoms with E-state index in [9.17, 15) is 19.2 Å². The summed E-state index contributed by atoms with van der Waals surface area (Å²) in [6.45, 7) is 5.06. The molecular formula is C22H24N2O5S. The molecule has 0 spiro atoms. The third-order valence-electron chi connectivity index (χ3n) is 4.09. The minimum atomic E-state index is -1.01. The van der Waals surface area contributed by atoms with E-state index in [1.165, 1.54) is 6.92 Å². The van der Waals surface area contributed by atoms with Crippen molar-refractivity contribution in [1.82, 2.24) is 0 Å². The van der Waals surface area contributed by atoms with Crippen molar-refractivity contribution < 1.29 is 23.9 Å². The molecule has 2 aromatic rings. The standard InChI is InChI=1S/C22H24N2O5S/c1-13(2)21(27)24-16-10-8-15(9-11-16)20(26)14(3)29-22(28)17-6-4-5-7-18(17)30-12-19(23)25/h4-11,13-14H,12H2,1-3H3,(H2,23,25)(H,24,27). The van der Waals surface area contributed by atoms with E-state index in [0.29, 0.717) is 16.1 Å². The SMILES string of the molecule is CC(C)C(=O)Nc1ccc(C(=O)C(C)OC(=O)c2ccccc2SCC(N)=O)cc1. The maximum absolute atomic E-state index is 12.6. The summed E-state index contributed by atoms with van der Waals surface area (Å²) < 4.78 is 5.34. The number of hydrogen-bond acceptors (Lipinski definition) is 6. The van der Waals surface area contributed by atoms with Crippen LogP contribution < -0.4 is 11.1 Å². The molecule has 0 aliphatic rings. The Morgan fingerprint density at radius 3 is 2.23 bits per heavy atom. The second-order valence-electron chi connectivity index (χ2n) is 6.88. The summed E-state index contributed by atoms with van der Waals surface area (Å²) in [4.78, 5) is 48.5. The molecule has 0 radical (unpaired) electrons. The van der Waals surface area contributed by atoms with Gasteiger partial charge in [0.15, 0.2) is 6.10 Å². The quantitative estimate of drug-likeness (QED) is 0.360. The number of ether oxygens (including phenoxy) is 1. The van der Waals surface area contributed by atoms with Crippen LogP contribution in [0.25, 0.3) is 0 Å². The molecule has 2 amide bonds. The molecule has 1 unspecified atom stereocenters. The van der Waals surface area contributed by atoms with Crippen molar-refractivity contribution in [3.63, 3.8) is 0 Å². The number of anilines is 1. The normalized spacial score (nSPS) is 11.6. The Morgan fingerprint density at radius 2 is 1.63 bits per heavy atom. The monoisotopic (exact) mass is 428 g/mol. The van der Waals surface area contributed by atoms with Crippen LogP contribution in [0.3, 0.4) is 0 Å². The van der Waals surface area contributed by atoms with Gasteiger partial charge in [0.1, 0.15) is 0 Å². The van der Waals surface area contributed by atoms with Gasteiger partial charge in [0, 0.05) is 22.1 Å². The maximum Gasteiger partial charge on any atom is 0.339 e. The molecule has 7 nitrogen and oxygen atoms in total. The molecule has 3 N–H and O–H groups in total. The molecule has 8 heteroatoms. The first kappa shape index (κ1) is 23.2. The summed E-state index contributed by atoms with van der Waals surface area (Å²) in [5.41, 5.74) is 6.35. The lowest BCUT2D eigenvalue weighted by atomic mass is 10.1. The second-order valence-corrected chi connectivity index (χ2v) is 7.90.